The van der Waals surface area contributed by atoms with Gasteiger partial charge in [0.05, 0.1) is 11.5 Å². The summed E-state index contributed by atoms with van der Waals surface area (Å²) in [6, 6.07) is 8.39. The van der Waals surface area contributed by atoms with Crippen molar-refractivity contribution < 1.29 is 0 Å². The molecule has 0 aliphatic carbocycles. The van der Waals surface area contributed by atoms with Crippen molar-refractivity contribution in [2.75, 3.05) is 0 Å². The van der Waals surface area contributed by atoms with Gasteiger partial charge in [-0.15, -0.1) is 11.3 Å². The SMILES string of the molecule is Cc1ccc(-c2csc3nc(C)n(CCCC#N)c(=O)c23)cc1C. The maximum atomic E-state index is 13.0. The number of benzene rings is 1. The van der Waals surface area contributed by atoms with Crippen molar-refractivity contribution in [2.45, 2.75) is 40.2 Å². The lowest BCUT2D eigenvalue weighted by Gasteiger charge is -2.09. The molecule has 0 saturated carbocycles. The van der Waals surface area contributed by atoms with Gasteiger partial charge in [-0.2, -0.15) is 5.26 Å². The number of nitrogens with zero attached hydrogens (tertiary/aromatic N) is 3. The normalized spacial score (nSPS) is 10.9. The predicted molar refractivity (Wildman–Crippen MR) is 98.4 cm³/mol. The highest BCUT2D eigenvalue weighted by atomic mass is 32.1. The Labute approximate surface area is 145 Å². The summed E-state index contributed by atoms with van der Waals surface area (Å²) in [4.78, 5) is 18.4. The molecule has 0 unspecified atom stereocenters. The van der Waals surface area contributed by atoms with Gasteiger partial charge < -0.3 is 0 Å². The van der Waals surface area contributed by atoms with Gasteiger partial charge in [-0.05, 0) is 43.9 Å². The minimum atomic E-state index is -0.00934. The summed E-state index contributed by atoms with van der Waals surface area (Å²) in [6.07, 6.45) is 1.10. The zero-order chi connectivity index (χ0) is 17.3. The Kier molecular flexibility index (Phi) is 4.50. The zero-order valence-corrected chi connectivity index (χ0v) is 14.9. The number of fused-ring (bicyclic) bond motifs is 1. The number of aryl methyl sites for hydroxylation is 3. The smallest absolute Gasteiger partial charge is 0.262 e. The van der Waals surface area contributed by atoms with Crippen molar-refractivity contribution in [2.24, 2.45) is 0 Å². The summed E-state index contributed by atoms with van der Waals surface area (Å²) in [5.41, 5.74) is 4.44. The first-order chi connectivity index (χ1) is 11.5. The molecule has 0 fully saturated rings. The van der Waals surface area contributed by atoms with Gasteiger partial charge in [0.15, 0.2) is 0 Å². The van der Waals surface area contributed by atoms with Crippen LogP contribution in [-0.2, 0) is 6.54 Å². The van der Waals surface area contributed by atoms with E-state index in [1.54, 1.807) is 4.57 Å². The van der Waals surface area contributed by atoms with E-state index in [0.29, 0.717) is 30.6 Å². The molecule has 3 aromatic rings. The van der Waals surface area contributed by atoms with Crippen LogP contribution in [0.15, 0.2) is 28.4 Å². The molecule has 3 rings (SSSR count). The van der Waals surface area contributed by atoms with Gasteiger partial charge in [-0.25, -0.2) is 4.98 Å². The van der Waals surface area contributed by atoms with E-state index >= 15 is 0 Å². The molecule has 122 valence electrons. The first kappa shape index (κ1) is 16.4. The van der Waals surface area contributed by atoms with E-state index in [0.717, 1.165) is 16.0 Å². The summed E-state index contributed by atoms with van der Waals surface area (Å²) >= 11 is 1.51. The number of hydrogen-bond donors (Lipinski definition) is 0. The van der Waals surface area contributed by atoms with Gasteiger partial charge in [0.25, 0.3) is 5.56 Å². The number of thiophene rings is 1. The van der Waals surface area contributed by atoms with E-state index in [2.05, 4.69) is 43.1 Å². The minimum absolute atomic E-state index is 0.00934. The second kappa shape index (κ2) is 6.58. The third-order valence-corrected chi connectivity index (χ3v) is 5.25. The van der Waals surface area contributed by atoms with Crippen LogP contribution in [0, 0.1) is 32.1 Å². The number of unbranched alkanes of at least 4 members (excludes halogenated alkanes) is 1. The van der Waals surface area contributed by atoms with Gasteiger partial charge >= 0.3 is 0 Å². The van der Waals surface area contributed by atoms with E-state index in [9.17, 15) is 4.79 Å². The van der Waals surface area contributed by atoms with Crippen molar-refractivity contribution in [3.63, 3.8) is 0 Å². The average molecular weight is 337 g/mol. The highest BCUT2D eigenvalue weighted by Crippen LogP contribution is 2.32. The van der Waals surface area contributed by atoms with Gasteiger partial charge in [-0.1, -0.05) is 18.2 Å². The zero-order valence-electron chi connectivity index (χ0n) is 14.1. The van der Waals surface area contributed by atoms with Crippen LogP contribution in [0.5, 0.6) is 0 Å². The fraction of sp³-hybridized carbons (Fsp3) is 0.316. The van der Waals surface area contributed by atoms with Crippen LogP contribution in [0.4, 0.5) is 0 Å². The van der Waals surface area contributed by atoms with E-state index < -0.39 is 0 Å². The molecule has 2 aromatic heterocycles. The molecular formula is C19H19N3OS. The monoisotopic (exact) mass is 337 g/mol. The molecule has 5 heteroatoms. The van der Waals surface area contributed by atoms with Crippen molar-refractivity contribution >= 4 is 21.6 Å². The van der Waals surface area contributed by atoms with E-state index in [-0.39, 0.29) is 5.56 Å². The maximum absolute atomic E-state index is 13.0. The highest BCUT2D eigenvalue weighted by molar-refractivity contribution is 7.17. The quantitative estimate of drug-likeness (QED) is 0.665. The van der Waals surface area contributed by atoms with Crippen molar-refractivity contribution in [1.82, 2.24) is 9.55 Å². The van der Waals surface area contributed by atoms with Crippen LogP contribution in [0.1, 0.15) is 29.8 Å². The lowest BCUT2D eigenvalue weighted by atomic mass is 10.0. The van der Waals surface area contributed by atoms with Gasteiger partial charge in [-0.3, -0.25) is 9.36 Å². The largest absolute Gasteiger partial charge is 0.296 e. The third kappa shape index (κ3) is 2.85. The molecule has 0 spiro atoms. The number of hydrogen-bond acceptors (Lipinski definition) is 4. The predicted octanol–water partition coefficient (Wildman–Crippen LogP) is 4.35. The summed E-state index contributed by atoms with van der Waals surface area (Å²) in [7, 11) is 0. The fourth-order valence-corrected chi connectivity index (χ4v) is 3.81. The van der Waals surface area contributed by atoms with Crippen LogP contribution in [0.25, 0.3) is 21.3 Å². The summed E-state index contributed by atoms with van der Waals surface area (Å²) < 4.78 is 1.69. The molecule has 0 aliphatic rings. The Morgan fingerprint density at radius 1 is 1.25 bits per heavy atom. The van der Waals surface area contributed by atoms with Gasteiger partial charge in [0.2, 0.25) is 0 Å². The van der Waals surface area contributed by atoms with Crippen molar-refractivity contribution in [1.29, 1.82) is 5.26 Å². The first-order valence-corrected chi connectivity index (χ1v) is 8.84. The molecule has 2 heterocycles. The van der Waals surface area contributed by atoms with Crippen LogP contribution < -0.4 is 5.56 Å². The Balaban J connectivity index is 2.17. The highest BCUT2D eigenvalue weighted by Gasteiger charge is 2.15. The van der Waals surface area contributed by atoms with Crippen molar-refractivity contribution in [3.05, 3.63) is 50.9 Å². The number of aromatic nitrogens is 2. The van der Waals surface area contributed by atoms with E-state index in [1.165, 1.54) is 22.5 Å². The summed E-state index contributed by atoms with van der Waals surface area (Å²) in [6.45, 7) is 6.54. The molecule has 1 aromatic carbocycles. The molecule has 0 radical (unpaired) electrons. The van der Waals surface area contributed by atoms with Crippen LogP contribution >= 0.6 is 11.3 Å². The number of rotatable bonds is 4. The maximum Gasteiger partial charge on any atom is 0.262 e. The molecular weight excluding hydrogens is 318 g/mol. The minimum Gasteiger partial charge on any atom is -0.296 e. The van der Waals surface area contributed by atoms with Gasteiger partial charge in [0, 0.05) is 23.9 Å². The molecule has 0 amide bonds. The average Bonchev–Trinajstić information content (AvgIpc) is 2.97. The summed E-state index contributed by atoms with van der Waals surface area (Å²) in [5, 5.41) is 11.4. The topological polar surface area (TPSA) is 58.7 Å². The molecule has 4 nitrogen and oxygen atoms in total. The van der Waals surface area contributed by atoms with Crippen molar-refractivity contribution in [3.8, 4) is 17.2 Å². The molecule has 24 heavy (non-hydrogen) atoms. The number of nitriles is 1. The Morgan fingerprint density at radius 2 is 2.04 bits per heavy atom. The first-order valence-electron chi connectivity index (χ1n) is 7.96. The van der Waals surface area contributed by atoms with Crippen LogP contribution in [0.3, 0.4) is 0 Å². The standard InChI is InChI=1S/C19H19N3OS/c1-12-6-7-15(10-13(12)2)16-11-24-18-17(16)19(23)22(14(3)21-18)9-5-4-8-20/h6-7,10-11H,4-5,9H2,1-3H3. The Morgan fingerprint density at radius 3 is 2.75 bits per heavy atom. The Bertz CT molecular complexity index is 1010. The van der Waals surface area contributed by atoms with Crippen LogP contribution in [-0.4, -0.2) is 9.55 Å². The summed E-state index contributed by atoms with van der Waals surface area (Å²) in [5.74, 6) is 0.707. The molecule has 0 saturated heterocycles. The van der Waals surface area contributed by atoms with E-state index in [4.69, 9.17) is 5.26 Å². The second-order valence-electron chi connectivity index (χ2n) is 6.01. The Hall–Kier alpha value is -2.45. The lowest BCUT2D eigenvalue weighted by molar-refractivity contribution is 0.607. The second-order valence-corrected chi connectivity index (χ2v) is 6.86. The van der Waals surface area contributed by atoms with Gasteiger partial charge in [0.1, 0.15) is 10.7 Å². The van der Waals surface area contributed by atoms with Crippen LogP contribution in [0.2, 0.25) is 0 Å². The van der Waals surface area contributed by atoms with E-state index in [1.807, 2.05) is 12.3 Å². The fourth-order valence-electron chi connectivity index (χ4n) is 2.83. The molecule has 0 bridgehead atoms. The lowest BCUT2D eigenvalue weighted by Crippen LogP contribution is -2.23. The molecule has 0 aliphatic heterocycles. The molecule has 0 N–H and O–H groups in total. The third-order valence-electron chi connectivity index (χ3n) is 4.37. The molecule has 0 atom stereocenters.